The van der Waals surface area contributed by atoms with Crippen molar-refractivity contribution in [2.75, 3.05) is 0 Å². The summed E-state index contributed by atoms with van der Waals surface area (Å²) < 4.78 is 0. The van der Waals surface area contributed by atoms with Crippen LogP contribution in [0.5, 0.6) is 0 Å². The topological polar surface area (TPSA) is 0 Å². The maximum Gasteiger partial charge on any atom is 4.00 e. The SMILES string of the molecule is CC1CCC([c-]2cccc2)C1.CC1CCC([c-]2cccc2)C1.[Cl-].[Cl-].[Zr+4]. The molecule has 3 heteroatoms. The molecular formula is C22H30Cl2Zr. The second kappa shape index (κ2) is 12.5. The first-order valence-corrected chi connectivity index (χ1v) is 9.15. The molecule has 2 aliphatic rings. The summed E-state index contributed by atoms with van der Waals surface area (Å²) in [4.78, 5) is 0. The third-order valence-electron chi connectivity index (χ3n) is 5.71. The van der Waals surface area contributed by atoms with Crippen LogP contribution < -0.4 is 24.8 Å². The van der Waals surface area contributed by atoms with Gasteiger partial charge in [-0.25, -0.2) is 24.3 Å². The van der Waals surface area contributed by atoms with E-state index in [1.807, 2.05) is 0 Å². The van der Waals surface area contributed by atoms with Gasteiger partial charge in [-0.15, -0.1) is 0 Å². The maximum atomic E-state index is 2.36. The van der Waals surface area contributed by atoms with Crippen molar-refractivity contribution in [3.05, 3.63) is 59.7 Å². The molecular weight excluding hydrogens is 426 g/mol. The first kappa shape index (κ1) is 25.2. The largest absolute Gasteiger partial charge is 4.00 e. The summed E-state index contributed by atoms with van der Waals surface area (Å²) in [7, 11) is 0. The van der Waals surface area contributed by atoms with Crippen LogP contribution in [0.25, 0.3) is 0 Å². The van der Waals surface area contributed by atoms with E-state index in [0.717, 1.165) is 23.7 Å². The first-order valence-electron chi connectivity index (χ1n) is 9.15. The molecule has 2 saturated carbocycles. The van der Waals surface area contributed by atoms with Crippen LogP contribution in [0, 0.1) is 11.8 Å². The zero-order chi connectivity index (χ0) is 15.4. The fourth-order valence-corrected chi connectivity index (χ4v) is 4.34. The van der Waals surface area contributed by atoms with Gasteiger partial charge in [-0.2, -0.15) is 35.4 Å². The van der Waals surface area contributed by atoms with Gasteiger partial charge in [-0.1, -0.05) is 64.2 Å². The van der Waals surface area contributed by atoms with Crippen molar-refractivity contribution in [1.29, 1.82) is 0 Å². The van der Waals surface area contributed by atoms with Gasteiger partial charge >= 0.3 is 26.2 Å². The van der Waals surface area contributed by atoms with Gasteiger partial charge in [-0.3, -0.25) is 0 Å². The third kappa shape index (κ3) is 7.36. The monoisotopic (exact) mass is 454 g/mol. The molecule has 0 aliphatic heterocycles. The summed E-state index contributed by atoms with van der Waals surface area (Å²) in [5, 5.41) is 0. The zero-order valence-electron chi connectivity index (χ0n) is 15.4. The van der Waals surface area contributed by atoms with Crippen molar-refractivity contribution in [3.63, 3.8) is 0 Å². The Kier molecular flexibility index (Phi) is 12.6. The van der Waals surface area contributed by atoms with E-state index in [2.05, 4.69) is 62.4 Å². The summed E-state index contributed by atoms with van der Waals surface area (Å²) in [5.41, 5.74) is 3.13. The molecule has 2 fully saturated rings. The van der Waals surface area contributed by atoms with Crippen LogP contribution in [0.2, 0.25) is 0 Å². The van der Waals surface area contributed by atoms with Gasteiger partial charge in [0.05, 0.1) is 0 Å². The molecule has 0 aromatic heterocycles. The Labute approximate surface area is 185 Å². The predicted octanol–water partition coefficient (Wildman–Crippen LogP) is 0.624. The fraction of sp³-hybridized carbons (Fsp3) is 0.545. The van der Waals surface area contributed by atoms with E-state index >= 15 is 0 Å². The van der Waals surface area contributed by atoms with Crippen molar-refractivity contribution in [2.45, 2.75) is 64.2 Å². The van der Waals surface area contributed by atoms with Crippen molar-refractivity contribution < 1.29 is 51.0 Å². The van der Waals surface area contributed by atoms with Crippen molar-refractivity contribution in [1.82, 2.24) is 0 Å². The molecule has 4 unspecified atom stereocenters. The van der Waals surface area contributed by atoms with E-state index in [1.54, 1.807) is 11.1 Å². The number of hydrogen-bond acceptors (Lipinski definition) is 0. The minimum Gasteiger partial charge on any atom is -1.00 e. The van der Waals surface area contributed by atoms with Gasteiger partial charge in [-0.05, 0) is 11.8 Å². The Morgan fingerprint density at radius 2 is 0.920 bits per heavy atom. The van der Waals surface area contributed by atoms with Gasteiger partial charge in [0, 0.05) is 0 Å². The normalized spacial score (nSPS) is 27.3. The molecule has 2 aliphatic carbocycles. The molecule has 2 aromatic rings. The van der Waals surface area contributed by atoms with Crippen LogP contribution in [-0.2, 0) is 26.2 Å². The van der Waals surface area contributed by atoms with Gasteiger partial charge in [0.15, 0.2) is 0 Å². The minimum atomic E-state index is 0. The average Bonchev–Trinajstić information content (AvgIpc) is 3.28. The van der Waals surface area contributed by atoms with Crippen molar-refractivity contribution in [2.24, 2.45) is 11.8 Å². The van der Waals surface area contributed by atoms with Crippen molar-refractivity contribution >= 4 is 0 Å². The molecule has 0 amide bonds. The third-order valence-corrected chi connectivity index (χ3v) is 5.71. The molecule has 2 aromatic carbocycles. The zero-order valence-corrected chi connectivity index (χ0v) is 19.4. The van der Waals surface area contributed by atoms with E-state index in [9.17, 15) is 0 Å². The summed E-state index contributed by atoms with van der Waals surface area (Å²) in [6.07, 6.45) is 8.48. The Morgan fingerprint density at radius 1 is 0.600 bits per heavy atom. The number of hydrogen-bond donors (Lipinski definition) is 0. The molecule has 4 rings (SSSR count). The summed E-state index contributed by atoms with van der Waals surface area (Å²) in [6.45, 7) is 4.73. The van der Waals surface area contributed by atoms with Crippen LogP contribution in [0.3, 0.4) is 0 Å². The van der Waals surface area contributed by atoms with E-state index in [-0.39, 0.29) is 51.0 Å². The molecule has 0 N–H and O–H groups in total. The van der Waals surface area contributed by atoms with E-state index in [4.69, 9.17) is 0 Å². The number of rotatable bonds is 2. The van der Waals surface area contributed by atoms with E-state index in [0.29, 0.717) is 0 Å². The molecule has 0 spiro atoms. The van der Waals surface area contributed by atoms with Gasteiger partial charge in [0.25, 0.3) is 0 Å². The Morgan fingerprint density at radius 3 is 1.16 bits per heavy atom. The molecule has 0 saturated heterocycles. The molecule has 0 heterocycles. The standard InChI is InChI=1S/2C11H15.2ClH.Zr/c2*1-9-6-7-11(8-9)10-4-2-3-5-10;;;/h2*2-5,9,11H,6-8H2,1H3;2*1H;/q2*-1;;;+4/p-2. The van der Waals surface area contributed by atoms with Crippen LogP contribution in [-0.4, -0.2) is 0 Å². The van der Waals surface area contributed by atoms with Gasteiger partial charge in [0.1, 0.15) is 0 Å². The Bertz CT molecular complexity index is 482. The molecule has 0 nitrogen and oxygen atoms in total. The molecule has 136 valence electrons. The van der Waals surface area contributed by atoms with Crippen molar-refractivity contribution in [3.8, 4) is 0 Å². The average molecular weight is 457 g/mol. The van der Waals surface area contributed by atoms with Gasteiger partial charge in [0.2, 0.25) is 0 Å². The first-order chi connectivity index (χ1) is 10.7. The smallest absolute Gasteiger partial charge is 1.00 e. The van der Waals surface area contributed by atoms with Crippen LogP contribution in [0.1, 0.15) is 75.3 Å². The molecule has 0 bridgehead atoms. The van der Waals surface area contributed by atoms with Gasteiger partial charge < -0.3 is 24.8 Å². The quantitative estimate of drug-likeness (QED) is 0.582. The number of halogens is 2. The molecule has 0 radical (unpaired) electrons. The second-order valence-electron chi connectivity index (χ2n) is 7.67. The summed E-state index contributed by atoms with van der Waals surface area (Å²) in [6, 6.07) is 17.7. The minimum absolute atomic E-state index is 0. The van der Waals surface area contributed by atoms with E-state index in [1.165, 1.54) is 38.5 Å². The van der Waals surface area contributed by atoms with E-state index < -0.39 is 0 Å². The fourth-order valence-electron chi connectivity index (χ4n) is 4.34. The predicted molar refractivity (Wildman–Crippen MR) is 95.6 cm³/mol. The molecule has 25 heavy (non-hydrogen) atoms. The maximum absolute atomic E-state index is 2.36. The van der Waals surface area contributed by atoms with Crippen LogP contribution in [0.4, 0.5) is 0 Å². The Balaban J connectivity index is 0.000000411. The molecule has 4 atom stereocenters. The Hall–Kier alpha value is 0.163. The van der Waals surface area contributed by atoms with Crippen LogP contribution in [0.15, 0.2) is 48.5 Å². The summed E-state index contributed by atoms with van der Waals surface area (Å²) >= 11 is 0. The second-order valence-corrected chi connectivity index (χ2v) is 7.67. The van der Waals surface area contributed by atoms with Crippen LogP contribution >= 0.6 is 0 Å². The summed E-state index contributed by atoms with van der Waals surface area (Å²) in [5.74, 6) is 3.66.